The molecule has 0 aliphatic rings. The van der Waals surface area contributed by atoms with Crippen LogP contribution >= 0.6 is 0 Å². The molecule has 2 heteroatoms. The Balaban J connectivity index is 2.89. The first-order valence-corrected chi connectivity index (χ1v) is 4.48. The largest absolute Gasteiger partial charge is 0.508 e. The van der Waals surface area contributed by atoms with Crippen molar-refractivity contribution in [2.45, 2.75) is 20.3 Å². The van der Waals surface area contributed by atoms with E-state index in [1.54, 1.807) is 18.2 Å². The summed E-state index contributed by atoms with van der Waals surface area (Å²) in [4.78, 5) is 11.6. The number of phenols is 1. The predicted molar refractivity (Wildman–Crippen MR) is 51.9 cm³/mol. The second kappa shape index (κ2) is 4.08. The van der Waals surface area contributed by atoms with E-state index in [4.69, 9.17) is 5.11 Å². The molecule has 0 radical (unpaired) electrons. The van der Waals surface area contributed by atoms with Crippen molar-refractivity contribution >= 4 is 5.78 Å². The summed E-state index contributed by atoms with van der Waals surface area (Å²) in [6.07, 6.45) is 0.828. The van der Waals surface area contributed by atoms with Crippen LogP contribution < -0.4 is 0 Å². The SMILES string of the molecule is CCC(C)C(=O)c1cccc(O)c1. The predicted octanol–water partition coefficient (Wildman–Crippen LogP) is 2.62. The number of carbonyl (C=O) groups excluding carboxylic acids is 1. The van der Waals surface area contributed by atoms with Crippen LogP contribution in [0.25, 0.3) is 0 Å². The van der Waals surface area contributed by atoms with E-state index < -0.39 is 0 Å². The van der Waals surface area contributed by atoms with Gasteiger partial charge in [-0.15, -0.1) is 0 Å². The molecule has 1 atom stereocenters. The van der Waals surface area contributed by atoms with Gasteiger partial charge in [0.15, 0.2) is 5.78 Å². The minimum Gasteiger partial charge on any atom is -0.508 e. The number of Topliss-reactive ketones (excluding diaryl/α,β-unsaturated/α-hetero) is 1. The van der Waals surface area contributed by atoms with E-state index in [1.807, 2.05) is 13.8 Å². The Bertz CT molecular complexity index is 305. The molecule has 2 nitrogen and oxygen atoms in total. The van der Waals surface area contributed by atoms with E-state index >= 15 is 0 Å². The lowest BCUT2D eigenvalue weighted by Gasteiger charge is -2.06. The summed E-state index contributed by atoms with van der Waals surface area (Å²) < 4.78 is 0. The summed E-state index contributed by atoms with van der Waals surface area (Å²) in [6, 6.07) is 6.49. The van der Waals surface area contributed by atoms with Gasteiger partial charge in [-0.1, -0.05) is 26.0 Å². The van der Waals surface area contributed by atoms with Crippen LogP contribution in [0.15, 0.2) is 24.3 Å². The van der Waals surface area contributed by atoms with Crippen LogP contribution in [-0.2, 0) is 0 Å². The number of aromatic hydroxyl groups is 1. The first kappa shape index (κ1) is 9.78. The number of rotatable bonds is 3. The minimum absolute atomic E-state index is 0.0294. The molecule has 1 unspecified atom stereocenters. The van der Waals surface area contributed by atoms with Gasteiger partial charge in [0.25, 0.3) is 0 Å². The number of ketones is 1. The first-order valence-electron chi connectivity index (χ1n) is 4.48. The van der Waals surface area contributed by atoms with Crippen LogP contribution in [0.2, 0.25) is 0 Å². The highest BCUT2D eigenvalue weighted by Crippen LogP contribution is 2.16. The summed E-state index contributed by atoms with van der Waals surface area (Å²) in [5, 5.41) is 9.16. The molecule has 1 aromatic rings. The lowest BCUT2D eigenvalue weighted by Crippen LogP contribution is -2.09. The quantitative estimate of drug-likeness (QED) is 0.722. The Morgan fingerprint density at radius 1 is 1.54 bits per heavy atom. The molecule has 0 saturated carbocycles. The number of carbonyl (C=O) groups is 1. The average Bonchev–Trinajstić information content (AvgIpc) is 2.15. The molecule has 0 saturated heterocycles. The molecule has 0 heterocycles. The molecule has 0 aromatic heterocycles. The van der Waals surface area contributed by atoms with Crippen molar-refractivity contribution in [3.8, 4) is 5.75 Å². The van der Waals surface area contributed by atoms with Gasteiger partial charge in [0.05, 0.1) is 0 Å². The van der Waals surface area contributed by atoms with Crippen molar-refractivity contribution in [3.63, 3.8) is 0 Å². The molecule has 1 rings (SSSR count). The number of hydrogen-bond acceptors (Lipinski definition) is 2. The zero-order valence-corrected chi connectivity index (χ0v) is 7.95. The third kappa shape index (κ3) is 2.31. The van der Waals surface area contributed by atoms with E-state index in [9.17, 15) is 4.79 Å². The molecular weight excluding hydrogens is 164 g/mol. The van der Waals surface area contributed by atoms with Gasteiger partial charge in [-0.25, -0.2) is 0 Å². The fraction of sp³-hybridized carbons (Fsp3) is 0.364. The van der Waals surface area contributed by atoms with Gasteiger partial charge in [-0.2, -0.15) is 0 Å². The van der Waals surface area contributed by atoms with Crippen molar-refractivity contribution in [3.05, 3.63) is 29.8 Å². The van der Waals surface area contributed by atoms with E-state index in [0.29, 0.717) is 5.56 Å². The molecule has 0 amide bonds. The van der Waals surface area contributed by atoms with E-state index in [1.165, 1.54) is 6.07 Å². The van der Waals surface area contributed by atoms with Crippen LogP contribution in [0.3, 0.4) is 0 Å². The van der Waals surface area contributed by atoms with Crippen LogP contribution in [0.5, 0.6) is 5.75 Å². The molecule has 0 aliphatic heterocycles. The van der Waals surface area contributed by atoms with Crippen LogP contribution in [0.4, 0.5) is 0 Å². The van der Waals surface area contributed by atoms with Gasteiger partial charge in [-0.3, -0.25) is 4.79 Å². The summed E-state index contributed by atoms with van der Waals surface area (Å²) in [5.41, 5.74) is 0.592. The minimum atomic E-state index is 0.0294. The number of hydrogen-bond donors (Lipinski definition) is 1. The van der Waals surface area contributed by atoms with Crippen molar-refractivity contribution in [2.75, 3.05) is 0 Å². The maximum atomic E-state index is 11.6. The summed E-state index contributed by atoms with van der Waals surface area (Å²) in [5.74, 6) is 0.273. The van der Waals surface area contributed by atoms with E-state index in [2.05, 4.69) is 0 Å². The maximum Gasteiger partial charge on any atom is 0.165 e. The number of phenolic OH excluding ortho intramolecular Hbond substituents is 1. The highest BCUT2D eigenvalue weighted by Gasteiger charge is 2.12. The normalized spacial score (nSPS) is 12.5. The van der Waals surface area contributed by atoms with E-state index in [-0.39, 0.29) is 17.5 Å². The standard InChI is InChI=1S/C11H14O2/c1-3-8(2)11(13)9-5-4-6-10(12)7-9/h4-8,12H,3H2,1-2H3. The molecule has 0 aliphatic carbocycles. The van der Waals surface area contributed by atoms with E-state index in [0.717, 1.165) is 6.42 Å². The third-order valence-corrected chi connectivity index (χ3v) is 2.19. The van der Waals surface area contributed by atoms with Crippen molar-refractivity contribution < 1.29 is 9.90 Å². The molecule has 1 aromatic carbocycles. The Morgan fingerprint density at radius 2 is 2.23 bits per heavy atom. The molecule has 13 heavy (non-hydrogen) atoms. The van der Waals surface area contributed by atoms with Gasteiger partial charge in [0.1, 0.15) is 5.75 Å². The molecule has 0 fully saturated rings. The Morgan fingerprint density at radius 3 is 2.77 bits per heavy atom. The lowest BCUT2D eigenvalue weighted by molar-refractivity contribution is 0.0927. The zero-order valence-electron chi connectivity index (χ0n) is 7.95. The monoisotopic (exact) mass is 178 g/mol. The number of benzene rings is 1. The third-order valence-electron chi connectivity index (χ3n) is 2.19. The molecule has 70 valence electrons. The Kier molecular flexibility index (Phi) is 3.07. The summed E-state index contributed by atoms with van der Waals surface area (Å²) >= 11 is 0. The van der Waals surface area contributed by atoms with Crippen LogP contribution in [0, 0.1) is 5.92 Å². The van der Waals surface area contributed by atoms with Gasteiger partial charge < -0.3 is 5.11 Å². The zero-order chi connectivity index (χ0) is 9.84. The second-order valence-electron chi connectivity index (χ2n) is 3.22. The fourth-order valence-corrected chi connectivity index (χ4v) is 1.13. The van der Waals surface area contributed by atoms with Crippen LogP contribution in [-0.4, -0.2) is 10.9 Å². The second-order valence-corrected chi connectivity index (χ2v) is 3.22. The van der Waals surface area contributed by atoms with Gasteiger partial charge >= 0.3 is 0 Å². The average molecular weight is 178 g/mol. The maximum absolute atomic E-state index is 11.6. The first-order chi connectivity index (χ1) is 6.15. The highest BCUT2D eigenvalue weighted by atomic mass is 16.3. The molecular formula is C11H14O2. The Hall–Kier alpha value is -1.31. The smallest absolute Gasteiger partial charge is 0.165 e. The van der Waals surface area contributed by atoms with Gasteiger partial charge in [-0.05, 0) is 18.6 Å². The van der Waals surface area contributed by atoms with Gasteiger partial charge in [0, 0.05) is 11.5 Å². The highest BCUT2D eigenvalue weighted by molar-refractivity contribution is 5.97. The molecule has 0 spiro atoms. The van der Waals surface area contributed by atoms with Crippen molar-refractivity contribution in [1.29, 1.82) is 0 Å². The molecule has 0 bridgehead atoms. The van der Waals surface area contributed by atoms with Gasteiger partial charge in [0.2, 0.25) is 0 Å². The Labute approximate surface area is 78.2 Å². The summed E-state index contributed by atoms with van der Waals surface area (Å²) in [7, 11) is 0. The lowest BCUT2D eigenvalue weighted by atomic mass is 9.97. The fourth-order valence-electron chi connectivity index (χ4n) is 1.13. The molecule has 1 N–H and O–H groups in total. The van der Waals surface area contributed by atoms with Crippen molar-refractivity contribution in [2.24, 2.45) is 5.92 Å². The topological polar surface area (TPSA) is 37.3 Å². The van der Waals surface area contributed by atoms with Crippen LogP contribution in [0.1, 0.15) is 30.6 Å². The summed E-state index contributed by atoms with van der Waals surface area (Å²) in [6.45, 7) is 3.87. The van der Waals surface area contributed by atoms with Crippen molar-refractivity contribution in [1.82, 2.24) is 0 Å².